The maximum atomic E-state index is 6.15. The third-order valence-corrected chi connectivity index (χ3v) is 2.85. The van der Waals surface area contributed by atoms with E-state index in [4.69, 9.17) is 19.9 Å². The van der Waals surface area contributed by atoms with E-state index in [0.29, 0.717) is 13.2 Å². The van der Waals surface area contributed by atoms with Gasteiger partial charge in [-0.25, -0.2) is 0 Å². The van der Waals surface area contributed by atoms with Gasteiger partial charge in [-0.2, -0.15) is 0 Å². The fourth-order valence-electron chi connectivity index (χ4n) is 1.92. The van der Waals surface area contributed by atoms with Crippen LogP contribution in [0.2, 0.25) is 0 Å². The van der Waals surface area contributed by atoms with E-state index in [1.165, 1.54) is 0 Å². The Balaban J connectivity index is 1.72. The second-order valence-corrected chi connectivity index (χ2v) is 4.32. The lowest BCUT2D eigenvalue weighted by Gasteiger charge is -2.33. The van der Waals surface area contributed by atoms with E-state index < -0.39 is 0 Å². The van der Waals surface area contributed by atoms with Crippen LogP contribution in [-0.2, 0) is 14.2 Å². The molecule has 2 unspecified atom stereocenters. The lowest BCUT2D eigenvalue weighted by Crippen LogP contribution is -2.51. The van der Waals surface area contributed by atoms with Gasteiger partial charge >= 0.3 is 0 Å². The van der Waals surface area contributed by atoms with Gasteiger partial charge in [0.15, 0.2) is 0 Å². The van der Waals surface area contributed by atoms with Crippen molar-refractivity contribution in [2.45, 2.75) is 30.9 Å². The van der Waals surface area contributed by atoms with E-state index in [1.807, 2.05) is 0 Å². The van der Waals surface area contributed by atoms with E-state index in [9.17, 15) is 0 Å². The molecular formula is C10H19NO3. The Labute approximate surface area is 84.7 Å². The Kier molecular flexibility index (Phi) is 3.38. The molecule has 0 aromatic rings. The zero-order valence-electron chi connectivity index (χ0n) is 8.54. The second-order valence-electron chi connectivity index (χ2n) is 4.32. The molecule has 14 heavy (non-hydrogen) atoms. The minimum atomic E-state index is -0.263. The first-order valence-corrected chi connectivity index (χ1v) is 5.34. The standard InChI is InChI=1S/C10H19NO3/c11-10(3-1-4-13-7-10)8-14-9-2-5-12-6-9/h9H,1-8,11H2. The molecule has 0 aliphatic carbocycles. The zero-order valence-corrected chi connectivity index (χ0v) is 8.54. The number of rotatable bonds is 3. The fourth-order valence-corrected chi connectivity index (χ4v) is 1.92. The maximum Gasteiger partial charge on any atom is 0.0831 e. The first-order valence-electron chi connectivity index (χ1n) is 5.34. The average molecular weight is 201 g/mol. The van der Waals surface area contributed by atoms with Crippen molar-refractivity contribution in [3.05, 3.63) is 0 Å². The van der Waals surface area contributed by atoms with Crippen LogP contribution < -0.4 is 5.73 Å². The molecule has 0 aromatic heterocycles. The topological polar surface area (TPSA) is 53.7 Å². The highest BCUT2D eigenvalue weighted by Crippen LogP contribution is 2.18. The summed E-state index contributed by atoms with van der Waals surface area (Å²) in [4.78, 5) is 0. The lowest BCUT2D eigenvalue weighted by atomic mass is 9.95. The highest BCUT2D eigenvalue weighted by molar-refractivity contribution is 4.86. The van der Waals surface area contributed by atoms with Gasteiger partial charge in [0.2, 0.25) is 0 Å². The highest BCUT2D eigenvalue weighted by Gasteiger charge is 2.30. The largest absolute Gasteiger partial charge is 0.379 e. The Morgan fingerprint density at radius 3 is 2.93 bits per heavy atom. The van der Waals surface area contributed by atoms with Crippen LogP contribution in [0.25, 0.3) is 0 Å². The molecule has 2 N–H and O–H groups in total. The summed E-state index contributed by atoms with van der Waals surface area (Å²) in [6.45, 7) is 3.60. The Morgan fingerprint density at radius 2 is 2.29 bits per heavy atom. The molecule has 0 radical (unpaired) electrons. The Bertz CT molecular complexity index is 174. The molecule has 2 heterocycles. The van der Waals surface area contributed by atoms with Gasteiger partial charge in [-0.15, -0.1) is 0 Å². The normalized spacial score (nSPS) is 38.8. The molecule has 2 saturated heterocycles. The highest BCUT2D eigenvalue weighted by atomic mass is 16.5. The smallest absolute Gasteiger partial charge is 0.0831 e. The van der Waals surface area contributed by atoms with Gasteiger partial charge in [0, 0.05) is 13.2 Å². The van der Waals surface area contributed by atoms with E-state index in [1.54, 1.807) is 0 Å². The molecule has 4 nitrogen and oxygen atoms in total. The fraction of sp³-hybridized carbons (Fsp3) is 1.00. The molecule has 2 rings (SSSR count). The van der Waals surface area contributed by atoms with Crippen LogP contribution in [0.3, 0.4) is 0 Å². The summed E-state index contributed by atoms with van der Waals surface area (Å²) >= 11 is 0. The van der Waals surface area contributed by atoms with Crippen molar-refractivity contribution in [3.8, 4) is 0 Å². The molecule has 0 spiro atoms. The summed E-state index contributed by atoms with van der Waals surface area (Å²) in [5.41, 5.74) is 5.88. The van der Waals surface area contributed by atoms with Crippen molar-refractivity contribution in [2.75, 3.05) is 33.0 Å². The average Bonchev–Trinajstić information content (AvgIpc) is 2.69. The van der Waals surface area contributed by atoms with Gasteiger partial charge in [-0.1, -0.05) is 0 Å². The van der Waals surface area contributed by atoms with Gasteiger partial charge in [0.05, 0.1) is 31.5 Å². The van der Waals surface area contributed by atoms with Crippen molar-refractivity contribution < 1.29 is 14.2 Å². The van der Waals surface area contributed by atoms with Crippen molar-refractivity contribution in [1.82, 2.24) is 0 Å². The zero-order chi connectivity index (χ0) is 9.86. The van der Waals surface area contributed by atoms with E-state index in [-0.39, 0.29) is 11.6 Å². The molecular weight excluding hydrogens is 182 g/mol. The summed E-state index contributed by atoms with van der Waals surface area (Å²) in [5.74, 6) is 0. The van der Waals surface area contributed by atoms with E-state index in [0.717, 1.165) is 39.1 Å². The van der Waals surface area contributed by atoms with Crippen LogP contribution in [-0.4, -0.2) is 44.7 Å². The molecule has 0 aromatic carbocycles. The summed E-state index contributed by atoms with van der Waals surface area (Å²) < 4.78 is 16.3. The van der Waals surface area contributed by atoms with Gasteiger partial charge < -0.3 is 19.9 Å². The SMILES string of the molecule is NC1(COC2CCOC2)CCCOC1. The van der Waals surface area contributed by atoms with Crippen LogP contribution >= 0.6 is 0 Å². The first-order chi connectivity index (χ1) is 6.79. The number of hydrogen-bond acceptors (Lipinski definition) is 4. The molecule has 2 aliphatic heterocycles. The summed E-state index contributed by atoms with van der Waals surface area (Å²) in [7, 11) is 0. The molecule has 2 fully saturated rings. The minimum absolute atomic E-state index is 0.248. The Morgan fingerprint density at radius 1 is 1.36 bits per heavy atom. The van der Waals surface area contributed by atoms with Crippen LogP contribution in [0, 0.1) is 0 Å². The maximum absolute atomic E-state index is 6.15. The number of nitrogens with two attached hydrogens (primary N) is 1. The molecule has 0 bridgehead atoms. The summed E-state index contributed by atoms with van der Waals surface area (Å²) in [6.07, 6.45) is 3.29. The first kappa shape index (κ1) is 10.4. The van der Waals surface area contributed by atoms with Crippen LogP contribution in [0.1, 0.15) is 19.3 Å². The number of ether oxygens (including phenoxy) is 3. The van der Waals surface area contributed by atoms with Crippen molar-refractivity contribution in [2.24, 2.45) is 5.73 Å². The number of hydrogen-bond donors (Lipinski definition) is 1. The van der Waals surface area contributed by atoms with E-state index >= 15 is 0 Å². The molecule has 4 heteroatoms. The third kappa shape index (κ3) is 2.67. The van der Waals surface area contributed by atoms with Crippen molar-refractivity contribution in [3.63, 3.8) is 0 Å². The molecule has 82 valence electrons. The second kappa shape index (κ2) is 4.57. The molecule has 0 saturated carbocycles. The van der Waals surface area contributed by atoms with Gasteiger partial charge in [0.25, 0.3) is 0 Å². The molecule has 2 atom stereocenters. The monoisotopic (exact) mass is 201 g/mol. The van der Waals surface area contributed by atoms with Gasteiger partial charge in [-0.3, -0.25) is 0 Å². The van der Waals surface area contributed by atoms with Crippen LogP contribution in [0.15, 0.2) is 0 Å². The minimum Gasteiger partial charge on any atom is -0.379 e. The van der Waals surface area contributed by atoms with Crippen molar-refractivity contribution in [1.29, 1.82) is 0 Å². The third-order valence-electron chi connectivity index (χ3n) is 2.85. The van der Waals surface area contributed by atoms with Crippen LogP contribution in [0.4, 0.5) is 0 Å². The van der Waals surface area contributed by atoms with Crippen molar-refractivity contribution >= 4 is 0 Å². The van der Waals surface area contributed by atoms with E-state index in [2.05, 4.69) is 0 Å². The summed E-state index contributed by atoms with van der Waals surface area (Å²) in [5, 5.41) is 0. The summed E-state index contributed by atoms with van der Waals surface area (Å²) in [6, 6.07) is 0. The lowest BCUT2D eigenvalue weighted by molar-refractivity contribution is -0.0381. The molecule has 0 amide bonds. The Hall–Kier alpha value is -0.160. The predicted octanol–water partition coefficient (Wildman–Crippen LogP) is 0.300. The van der Waals surface area contributed by atoms with Crippen LogP contribution in [0.5, 0.6) is 0 Å². The molecule has 2 aliphatic rings. The predicted molar refractivity (Wildman–Crippen MR) is 52.1 cm³/mol. The van der Waals surface area contributed by atoms with Gasteiger partial charge in [-0.05, 0) is 19.3 Å². The quantitative estimate of drug-likeness (QED) is 0.713. The van der Waals surface area contributed by atoms with Gasteiger partial charge in [0.1, 0.15) is 0 Å².